The number of aromatic nitrogens is 2. The molecule has 0 radical (unpaired) electrons. The van der Waals surface area contributed by atoms with Crippen molar-refractivity contribution in [3.63, 3.8) is 0 Å². The SMILES string of the molecule is CCCCCc1nccc(-c2ccc(N3CCN(C(=O)Nc4c(Cl)cccc4Cl)CC3)cc2)n1. The lowest BCUT2D eigenvalue weighted by Gasteiger charge is -2.36. The Balaban J connectivity index is 1.33. The lowest BCUT2D eigenvalue weighted by atomic mass is 10.1. The number of nitrogens with zero attached hydrogens (tertiary/aromatic N) is 4. The summed E-state index contributed by atoms with van der Waals surface area (Å²) in [6, 6.07) is 15.4. The maximum Gasteiger partial charge on any atom is 0.322 e. The Morgan fingerprint density at radius 2 is 1.68 bits per heavy atom. The minimum Gasteiger partial charge on any atom is -0.368 e. The number of carbonyl (C=O) groups excluding carboxylic acids is 1. The van der Waals surface area contributed by atoms with Gasteiger partial charge < -0.3 is 15.1 Å². The monoisotopic (exact) mass is 497 g/mol. The first kappa shape index (κ1) is 24.3. The molecule has 0 aliphatic carbocycles. The van der Waals surface area contributed by atoms with E-state index >= 15 is 0 Å². The Bertz CT molecular complexity index is 1090. The van der Waals surface area contributed by atoms with Crippen molar-refractivity contribution >= 4 is 40.6 Å². The minimum atomic E-state index is -0.191. The average molecular weight is 498 g/mol. The third-order valence-corrected chi connectivity index (χ3v) is 6.63. The summed E-state index contributed by atoms with van der Waals surface area (Å²) < 4.78 is 0. The second kappa shape index (κ2) is 11.5. The Morgan fingerprint density at radius 1 is 0.971 bits per heavy atom. The summed E-state index contributed by atoms with van der Waals surface area (Å²) in [5.41, 5.74) is 3.62. The number of nitrogens with one attached hydrogen (secondary N) is 1. The predicted octanol–water partition coefficient (Wildman–Crippen LogP) is 6.54. The van der Waals surface area contributed by atoms with Gasteiger partial charge in [0.1, 0.15) is 5.82 Å². The largest absolute Gasteiger partial charge is 0.368 e. The highest BCUT2D eigenvalue weighted by molar-refractivity contribution is 6.39. The van der Waals surface area contributed by atoms with E-state index in [9.17, 15) is 4.79 Å². The third kappa shape index (κ3) is 5.99. The van der Waals surface area contributed by atoms with Gasteiger partial charge in [-0.2, -0.15) is 0 Å². The zero-order valence-corrected chi connectivity index (χ0v) is 20.8. The van der Waals surface area contributed by atoms with E-state index in [1.54, 1.807) is 23.1 Å². The Hall–Kier alpha value is -2.83. The zero-order chi connectivity index (χ0) is 23.9. The fourth-order valence-corrected chi connectivity index (χ4v) is 4.52. The Labute approximate surface area is 210 Å². The molecule has 8 heteroatoms. The van der Waals surface area contributed by atoms with Crippen molar-refractivity contribution in [1.82, 2.24) is 14.9 Å². The van der Waals surface area contributed by atoms with E-state index < -0.39 is 0 Å². The summed E-state index contributed by atoms with van der Waals surface area (Å²) in [7, 11) is 0. The molecule has 6 nitrogen and oxygen atoms in total. The number of anilines is 2. The number of amides is 2. The number of carbonyl (C=O) groups is 1. The van der Waals surface area contributed by atoms with Crippen LogP contribution in [0.1, 0.15) is 32.0 Å². The normalized spacial score (nSPS) is 13.7. The Morgan fingerprint density at radius 3 is 2.35 bits per heavy atom. The number of halogens is 2. The Kier molecular flexibility index (Phi) is 8.25. The van der Waals surface area contributed by atoms with Gasteiger partial charge in [-0.3, -0.25) is 0 Å². The molecule has 0 spiro atoms. The molecule has 0 unspecified atom stereocenters. The van der Waals surface area contributed by atoms with Crippen LogP contribution in [0, 0.1) is 0 Å². The van der Waals surface area contributed by atoms with Gasteiger partial charge >= 0.3 is 6.03 Å². The fourth-order valence-electron chi connectivity index (χ4n) is 4.03. The molecule has 2 heterocycles. The number of urea groups is 1. The molecule has 0 saturated carbocycles. The van der Waals surface area contributed by atoms with Crippen LogP contribution >= 0.6 is 23.2 Å². The van der Waals surface area contributed by atoms with Crippen LogP contribution in [0.4, 0.5) is 16.2 Å². The molecule has 2 aromatic carbocycles. The van der Waals surface area contributed by atoms with E-state index in [0.717, 1.165) is 48.7 Å². The quantitative estimate of drug-likeness (QED) is 0.376. The van der Waals surface area contributed by atoms with Crippen molar-refractivity contribution in [3.8, 4) is 11.3 Å². The number of rotatable bonds is 7. The molecular weight excluding hydrogens is 469 g/mol. The first-order valence-corrected chi connectivity index (χ1v) is 12.5. The van der Waals surface area contributed by atoms with Gasteiger partial charge in [0.25, 0.3) is 0 Å². The first-order chi connectivity index (χ1) is 16.5. The number of para-hydroxylation sites is 1. The zero-order valence-electron chi connectivity index (χ0n) is 19.3. The van der Waals surface area contributed by atoms with Gasteiger partial charge in [-0.05, 0) is 36.8 Å². The molecule has 1 aliphatic heterocycles. The van der Waals surface area contributed by atoms with Crippen LogP contribution in [0.15, 0.2) is 54.7 Å². The number of benzene rings is 2. The lowest BCUT2D eigenvalue weighted by molar-refractivity contribution is 0.208. The van der Waals surface area contributed by atoms with Crippen molar-refractivity contribution in [1.29, 1.82) is 0 Å². The van der Waals surface area contributed by atoms with E-state index in [1.807, 2.05) is 12.3 Å². The van der Waals surface area contributed by atoms with Crippen LogP contribution < -0.4 is 10.2 Å². The van der Waals surface area contributed by atoms with Crippen LogP contribution in [-0.4, -0.2) is 47.1 Å². The highest BCUT2D eigenvalue weighted by atomic mass is 35.5. The van der Waals surface area contributed by atoms with Crippen molar-refractivity contribution in [3.05, 3.63) is 70.6 Å². The van der Waals surface area contributed by atoms with Gasteiger partial charge in [0.05, 0.1) is 21.4 Å². The molecule has 0 atom stereocenters. The van der Waals surface area contributed by atoms with Crippen LogP contribution in [-0.2, 0) is 6.42 Å². The summed E-state index contributed by atoms with van der Waals surface area (Å²) in [5, 5.41) is 3.70. The smallest absolute Gasteiger partial charge is 0.322 e. The van der Waals surface area contributed by atoms with Gasteiger partial charge in [-0.1, -0.05) is 61.2 Å². The summed E-state index contributed by atoms with van der Waals surface area (Å²) in [4.78, 5) is 25.9. The predicted molar refractivity (Wildman–Crippen MR) is 140 cm³/mol. The molecule has 1 aliphatic rings. The third-order valence-electron chi connectivity index (χ3n) is 6.00. The van der Waals surface area contributed by atoms with Crippen LogP contribution in [0.5, 0.6) is 0 Å². The highest BCUT2D eigenvalue weighted by Gasteiger charge is 2.22. The molecular formula is C26H29Cl2N5O. The van der Waals surface area contributed by atoms with Crippen LogP contribution in [0.2, 0.25) is 10.0 Å². The standard InChI is InChI=1S/C26H29Cl2N5O/c1-2-3-4-8-24-29-14-13-23(30-24)19-9-11-20(12-10-19)32-15-17-33(18-16-32)26(34)31-25-21(27)6-5-7-22(25)28/h5-7,9-14H,2-4,8,15-18H2,1H3,(H,31,34). The molecule has 0 bridgehead atoms. The molecule has 178 valence electrons. The molecule has 2 amide bonds. The van der Waals surface area contributed by atoms with Gasteiger partial charge in [0, 0.05) is 50.0 Å². The number of hydrogen-bond donors (Lipinski definition) is 1. The summed E-state index contributed by atoms with van der Waals surface area (Å²) in [6.07, 6.45) is 6.27. The first-order valence-electron chi connectivity index (χ1n) is 11.7. The number of hydrogen-bond acceptors (Lipinski definition) is 4. The van der Waals surface area contributed by atoms with Crippen LogP contribution in [0.3, 0.4) is 0 Å². The molecule has 3 aromatic rings. The maximum atomic E-state index is 12.7. The topological polar surface area (TPSA) is 61.4 Å². The fraction of sp³-hybridized carbons (Fsp3) is 0.346. The molecule has 34 heavy (non-hydrogen) atoms. The maximum absolute atomic E-state index is 12.7. The highest BCUT2D eigenvalue weighted by Crippen LogP contribution is 2.30. The molecule has 1 fully saturated rings. The number of unbranched alkanes of at least 4 members (excludes halogenated alkanes) is 2. The van der Waals surface area contributed by atoms with E-state index in [-0.39, 0.29) is 6.03 Å². The number of aryl methyl sites for hydroxylation is 1. The van der Waals surface area contributed by atoms with E-state index in [2.05, 4.69) is 46.4 Å². The molecule has 1 aromatic heterocycles. The second-order valence-electron chi connectivity index (χ2n) is 8.36. The molecule has 1 saturated heterocycles. The molecule has 1 N–H and O–H groups in total. The van der Waals surface area contributed by atoms with E-state index in [4.69, 9.17) is 28.2 Å². The summed E-state index contributed by atoms with van der Waals surface area (Å²) >= 11 is 12.4. The average Bonchev–Trinajstić information content (AvgIpc) is 2.87. The van der Waals surface area contributed by atoms with Crippen molar-refractivity contribution in [2.24, 2.45) is 0 Å². The number of piperazine rings is 1. The van der Waals surface area contributed by atoms with Crippen molar-refractivity contribution in [2.45, 2.75) is 32.6 Å². The molecule has 4 rings (SSSR count). The second-order valence-corrected chi connectivity index (χ2v) is 9.18. The summed E-state index contributed by atoms with van der Waals surface area (Å²) in [6.45, 7) is 4.92. The van der Waals surface area contributed by atoms with Gasteiger partial charge in [-0.25, -0.2) is 14.8 Å². The van der Waals surface area contributed by atoms with Crippen molar-refractivity contribution in [2.75, 3.05) is 36.4 Å². The van der Waals surface area contributed by atoms with Crippen molar-refractivity contribution < 1.29 is 4.79 Å². The lowest BCUT2D eigenvalue weighted by Crippen LogP contribution is -2.50. The van der Waals surface area contributed by atoms with E-state index in [0.29, 0.717) is 28.8 Å². The summed E-state index contributed by atoms with van der Waals surface area (Å²) in [5.74, 6) is 0.905. The van der Waals surface area contributed by atoms with E-state index in [1.165, 1.54) is 12.8 Å². The van der Waals surface area contributed by atoms with Gasteiger partial charge in [0.2, 0.25) is 0 Å². The van der Waals surface area contributed by atoms with Crippen LogP contribution in [0.25, 0.3) is 11.3 Å². The minimum absolute atomic E-state index is 0.191. The van der Waals surface area contributed by atoms with Gasteiger partial charge in [-0.15, -0.1) is 0 Å². The van der Waals surface area contributed by atoms with Gasteiger partial charge in [0.15, 0.2) is 0 Å².